The summed E-state index contributed by atoms with van der Waals surface area (Å²) in [5.74, 6) is 1.37. The van der Waals surface area contributed by atoms with Gasteiger partial charge in [0.25, 0.3) is 0 Å². The highest BCUT2D eigenvalue weighted by atomic mass is 15.0. The Bertz CT molecular complexity index is 8190. The molecule has 0 fully saturated rings. The molecule has 0 amide bonds. The van der Waals surface area contributed by atoms with E-state index in [9.17, 15) is 0 Å². The molecule has 0 aliphatic rings. The lowest BCUT2D eigenvalue weighted by Crippen LogP contribution is -1.98. The lowest BCUT2D eigenvalue weighted by Gasteiger charge is -2.15. The zero-order valence-electron chi connectivity index (χ0n) is 68.5. The molecule has 24 aromatic rings. The van der Waals surface area contributed by atoms with E-state index in [1.165, 1.54) is 76.6 Å². The van der Waals surface area contributed by atoms with Crippen molar-refractivity contribution in [2.45, 2.75) is 0 Å². The third kappa shape index (κ3) is 13.6. The molecule has 0 atom stereocenters. The minimum absolute atomic E-state index is 0.681. The Labute approximate surface area is 728 Å². The van der Waals surface area contributed by atoms with Crippen LogP contribution < -0.4 is 0 Å². The maximum absolute atomic E-state index is 5.40. The van der Waals surface area contributed by atoms with Crippen molar-refractivity contribution in [2.24, 2.45) is 0 Å². The molecule has 0 radical (unpaired) electrons. The van der Waals surface area contributed by atoms with E-state index in [4.69, 9.17) is 29.9 Å². The smallest absolute Gasteiger partial charge is 0.160 e. The van der Waals surface area contributed by atoms with Gasteiger partial charge >= 0.3 is 0 Å². The van der Waals surface area contributed by atoms with Gasteiger partial charge in [-0.05, 0) is 129 Å². The number of para-hydroxylation sites is 4. The summed E-state index contributed by atoms with van der Waals surface area (Å²) in [4.78, 5) is 31.6. The van der Waals surface area contributed by atoms with E-state index in [1.807, 2.05) is 36.4 Å². The molecule has 8 heteroatoms. The molecular formula is C118H76N8. The summed E-state index contributed by atoms with van der Waals surface area (Å²) in [6.45, 7) is 0. The second-order valence-electron chi connectivity index (χ2n) is 32.0. The van der Waals surface area contributed by atoms with Gasteiger partial charge in [0.1, 0.15) is 0 Å². The highest BCUT2D eigenvalue weighted by Crippen LogP contribution is 2.45. The molecule has 6 aromatic heterocycles. The molecule has 8 nitrogen and oxygen atoms in total. The Balaban J connectivity index is 0.000000145. The molecule has 6 heterocycles. The molecule has 0 unspecified atom stereocenters. The number of fused-ring (bicyclic) bond motifs is 12. The molecule has 0 aliphatic carbocycles. The average molecular weight is 1610 g/mol. The Morgan fingerprint density at radius 1 is 0.151 bits per heavy atom. The minimum Gasteiger partial charge on any atom is -0.309 e. The average Bonchev–Trinajstić information content (AvgIpc) is 1.08. The second kappa shape index (κ2) is 31.9. The summed E-state index contributed by atoms with van der Waals surface area (Å²) in [6.07, 6.45) is 0. The third-order valence-corrected chi connectivity index (χ3v) is 24.4. The fourth-order valence-corrected chi connectivity index (χ4v) is 18.4. The molecule has 588 valence electrons. The summed E-state index contributed by atoms with van der Waals surface area (Å²) < 4.78 is 4.70. The standard InChI is InChI=1S/2C59H38N4/c1-4-17-39(18-5-1)47-29-16-30-51-57(47)50-34-33-43(37-54(50)60-58(51)40-19-6-2-7-20-40)42-23-14-24-44(35-42)52-38-53(62-59(61-52)41-21-8-3-9-22-41)45-25-15-26-46(36-45)63-55-31-12-10-27-48(55)49-28-11-13-32-56(49)63;1-4-16-39(17-5-1)47-26-15-27-51-57(47)50-35-32-44(37-54(50)60-58(51)41-18-6-2-7-19-41)43-22-14-23-45(36-43)53-38-52(61-59(62-53)42-20-8-3-9-21-42)40-30-33-46(34-31-40)63-55-28-12-10-24-48(55)49-25-11-13-29-56(49)63/h2*1-38H. The fourth-order valence-electron chi connectivity index (χ4n) is 18.4. The van der Waals surface area contributed by atoms with Gasteiger partial charge in [0, 0.05) is 110 Å². The minimum atomic E-state index is 0.681. The Morgan fingerprint density at radius 3 is 0.833 bits per heavy atom. The normalized spacial score (nSPS) is 11.5. The Morgan fingerprint density at radius 2 is 0.437 bits per heavy atom. The van der Waals surface area contributed by atoms with E-state index in [1.54, 1.807) is 0 Å². The topological polar surface area (TPSA) is 87.2 Å². The van der Waals surface area contributed by atoms with E-state index in [0.717, 1.165) is 145 Å². The number of aromatic nitrogens is 8. The van der Waals surface area contributed by atoms with Crippen LogP contribution in [-0.4, -0.2) is 39.0 Å². The van der Waals surface area contributed by atoms with Gasteiger partial charge in [-0.3, -0.25) is 0 Å². The van der Waals surface area contributed by atoms with Crippen LogP contribution in [0.4, 0.5) is 0 Å². The van der Waals surface area contributed by atoms with E-state index in [2.05, 4.69) is 434 Å². The van der Waals surface area contributed by atoms with Crippen molar-refractivity contribution < 1.29 is 0 Å². The van der Waals surface area contributed by atoms with Crippen LogP contribution in [0.2, 0.25) is 0 Å². The van der Waals surface area contributed by atoms with Crippen LogP contribution in [0.15, 0.2) is 461 Å². The maximum Gasteiger partial charge on any atom is 0.160 e. The number of nitrogens with zero attached hydrogens (tertiary/aromatic N) is 8. The van der Waals surface area contributed by atoms with Gasteiger partial charge in [-0.25, -0.2) is 29.9 Å². The van der Waals surface area contributed by atoms with Crippen molar-refractivity contribution in [2.75, 3.05) is 0 Å². The fraction of sp³-hybridized carbons (Fsp3) is 0. The number of benzene rings is 18. The first-order chi connectivity index (χ1) is 62.5. The van der Waals surface area contributed by atoms with Crippen LogP contribution in [-0.2, 0) is 0 Å². The molecule has 126 heavy (non-hydrogen) atoms. The molecule has 24 rings (SSSR count). The monoisotopic (exact) mass is 1600 g/mol. The molecule has 18 aromatic carbocycles. The van der Waals surface area contributed by atoms with Crippen LogP contribution in [0.5, 0.6) is 0 Å². The lowest BCUT2D eigenvalue weighted by atomic mass is 9.92. The SMILES string of the molecule is c1ccc(-c2nc(-c3ccc(-n4c5ccccc5c5ccccc54)cc3)cc(-c3cccc(-c4ccc5c(c4)nc(-c4ccccc4)c4cccc(-c6ccccc6)c45)c3)n2)cc1.c1ccc(-c2nc(-c3cccc(-c4ccc5c(c4)nc(-c4ccccc4)c4cccc(-c6ccccc6)c45)c3)cc(-c3cccc(-n4c5ccccc5c5ccccc54)c3)n2)cc1. The molecule has 0 N–H and O–H groups in total. The van der Waals surface area contributed by atoms with Gasteiger partial charge in [0.2, 0.25) is 0 Å². The summed E-state index contributed by atoms with van der Waals surface area (Å²) in [5, 5.41) is 11.9. The summed E-state index contributed by atoms with van der Waals surface area (Å²) in [5.41, 5.74) is 31.5. The van der Waals surface area contributed by atoms with Gasteiger partial charge in [0.15, 0.2) is 11.6 Å². The number of hydrogen-bond acceptors (Lipinski definition) is 6. The summed E-state index contributed by atoms with van der Waals surface area (Å²) in [7, 11) is 0. The van der Waals surface area contributed by atoms with Crippen LogP contribution in [0, 0.1) is 0 Å². The first-order valence-corrected chi connectivity index (χ1v) is 42.7. The summed E-state index contributed by atoms with van der Waals surface area (Å²) >= 11 is 0. The zero-order valence-corrected chi connectivity index (χ0v) is 68.5. The van der Waals surface area contributed by atoms with E-state index in [-0.39, 0.29) is 0 Å². The molecule has 0 saturated heterocycles. The van der Waals surface area contributed by atoms with E-state index in [0.29, 0.717) is 11.6 Å². The number of pyridine rings is 2. The first kappa shape index (κ1) is 74.1. The van der Waals surface area contributed by atoms with Crippen molar-refractivity contribution in [1.29, 1.82) is 0 Å². The van der Waals surface area contributed by atoms with Crippen LogP contribution in [0.3, 0.4) is 0 Å². The number of rotatable bonds is 14. The third-order valence-electron chi connectivity index (χ3n) is 24.4. The van der Waals surface area contributed by atoms with Crippen molar-refractivity contribution in [3.8, 4) is 146 Å². The van der Waals surface area contributed by atoms with Crippen LogP contribution in [0.25, 0.3) is 233 Å². The zero-order chi connectivity index (χ0) is 83.4. The van der Waals surface area contributed by atoms with Crippen molar-refractivity contribution >= 4 is 87.0 Å². The van der Waals surface area contributed by atoms with E-state index < -0.39 is 0 Å². The number of hydrogen-bond donors (Lipinski definition) is 0. The van der Waals surface area contributed by atoms with Crippen LogP contribution in [0.1, 0.15) is 0 Å². The quantitative estimate of drug-likeness (QED) is 0.101. The van der Waals surface area contributed by atoms with Gasteiger partial charge in [0.05, 0.1) is 67.3 Å². The predicted molar refractivity (Wildman–Crippen MR) is 524 cm³/mol. The Hall–Kier alpha value is -16.9. The van der Waals surface area contributed by atoms with Gasteiger partial charge in [-0.1, -0.05) is 376 Å². The lowest BCUT2D eigenvalue weighted by molar-refractivity contribution is 1.16. The van der Waals surface area contributed by atoms with E-state index >= 15 is 0 Å². The van der Waals surface area contributed by atoms with Crippen molar-refractivity contribution in [3.63, 3.8) is 0 Å². The molecule has 0 aliphatic heterocycles. The highest BCUT2D eigenvalue weighted by molar-refractivity contribution is 6.19. The molecular weight excluding hydrogens is 1530 g/mol. The molecule has 0 bridgehead atoms. The van der Waals surface area contributed by atoms with Crippen LogP contribution >= 0.6 is 0 Å². The van der Waals surface area contributed by atoms with Crippen molar-refractivity contribution in [3.05, 3.63) is 461 Å². The first-order valence-electron chi connectivity index (χ1n) is 42.7. The molecule has 0 spiro atoms. The predicted octanol–water partition coefficient (Wildman–Crippen LogP) is 30.6. The summed E-state index contributed by atoms with van der Waals surface area (Å²) in [6, 6.07) is 163. The van der Waals surface area contributed by atoms with Gasteiger partial charge in [-0.15, -0.1) is 0 Å². The maximum atomic E-state index is 5.40. The van der Waals surface area contributed by atoms with Crippen molar-refractivity contribution in [1.82, 2.24) is 39.0 Å². The Kier molecular flexibility index (Phi) is 18.8. The second-order valence-corrected chi connectivity index (χ2v) is 32.0. The van der Waals surface area contributed by atoms with Gasteiger partial charge < -0.3 is 9.13 Å². The highest BCUT2D eigenvalue weighted by Gasteiger charge is 2.23. The molecule has 0 saturated carbocycles. The largest absolute Gasteiger partial charge is 0.309 e. The van der Waals surface area contributed by atoms with Gasteiger partial charge in [-0.2, -0.15) is 0 Å².